The summed E-state index contributed by atoms with van der Waals surface area (Å²) in [5.74, 6) is -7.55. The molecular formula is C22H30O13. The summed E-state index contributed by atoms with van der Waals surface area (Å²) in [5.41, 5.74) is -0.502. The highest BCUT2D eigenvalue weighted by molar-refractivity contribution is 5.97. The number of hydrogen-bond donors (Lipinski definition) is 0. The van der Waals surface area contributed by atoms with Gasteiger partial charge in [0.05, 0.1) is 66.3 Å². The zero-order chi connectivity index (χ0) is 27.0. The lowest BCUT2D eigenvalue weighted by Gasteiger charge is -2.15. The molecule has 0 saturated carbocycles. The summed E-state index contributed by atoms with van der Waals surface area (Å²) in [6.07, 6.45) is -0.979. The van der Waals surface area contributed by atoms with Crippen molar-refractivity contribution in [3.05, 3.63) is 24.3 Å². The van der Waals surface area contributed by atoms with E-state index < -0.39 is 60.5 Å². The molecule has 0 saturated heterocycles. The van der Waals surface area contributed by atoms with Crippen molar-refractivity contribution in [2.45, 2.75) is 12.8 Å². The second-order valence-electron chi connectivity index (χ2n) is 6.65. The second kappa shape index (κ2) is 16.8. The lowest BCUT2D eigenvalue weighted by Crippen LogP contribution is -2.27. The summed E-state index contributed by atoms with van der Waals surface area (Å²) in [6, 6.07) is 0. The van der Waals surface area contributed by atoms with Gasteiger partial charge in [0.2, 0.25) is 0 Å². The van der Waals surface area contributed by atoms with Gasteiger partial charge in [0, 0.05) is 11.1 Å². The van der Waals surface area contributed by atoms with Crippen LogP contribution in [0.4, 0.5) is 0 Å². The van der Waals surface area contributed by atoms with E-state index in [9.17, 15) is 28.8 Å². The van der Waals surface area contributed by atoms with Gasteiger partial charge in [0.15, 0.2) is 0 Å². The minimum absolute atomic E-state index is 0.0614. The van der Waals surface area contributed by atoms with E-state index in [4.69, 9.17) is 14.2 Å². The van der Waals surface area contributed by atoms with Crippen LogP contribution in [-0.2, 0) is 61.9 Å². The van der Waals surface area contributed by atoms with E-state index >= 15 is 0 Å². The smallest absolute Gasteiger partial charge is 0.334 e. The molecule has 0 N–H and O–H groups in total. The Labute approximate surface area is 202 Å². The molecule has 0 aliphatic rings. The number of carbonyl (C=O) groups excluding carboxylic acids is 6. The Morgan fingerprint density at radius 1 is 0.571 bits per heavy atom. The molecule has 13 heteroatoms. The van der Waals surface area contributed by atoms with Gasteiger partial charge in [-0.15, -0.1) is 0 Å². The van der Waals surface area contributed by atoms with E-state index in [1.807, 2.05) is 0 Å². The van der Waals surface area contributed by atoms with Crippen LogP contribution >= 0.6 is 0 Å². The van der Waals surface area contributed by atoms with Crippen LogP contribution in [0.25, 0.3) is 0 Å². The van der Waals surface area contributed by atoms with Gasteiger partial charge < -0.3 is 33.2 Å². The summed E-state index contributed by atoms with van der Waals surface area (Å²) in [7, 11) is 4.39. The predicted molar refractivity (Wildman–Crippen MR) is 115 cm³/mol. The molecule has 35 heavy (non-hydrogen) atoms. The van der Waals surface area contributed by atoms with Crippen molar-refractivity contribution in [1.29, 1.82) is 0 Å². The monoisotopic (exact) mass is 502 g/mol. The van der Waals surface area contributed by atoms with E-state index in [2.05, 4.69) is 32.1 Å². The van der Waals surface area contributed by atoms with Crippen LogP contribution in [0.5, 0.6) is 0 Å². The number of carbonyl (C=O) groups is 6. The molecule has 0 heterocycles. The summed E-state index contributed by atoms with van der Waals surface area (Å²) in [6.45, 7) is 6.39. The largest absolute Gasteiger partial charge is 0.469 e. The van der Waals surface area contributed by atoms with Crippen molar-refractivity contribution < 1.29 is 61.9 Å². The maximum atomic E-state index is 11.9. The molecular weight excluding hydrogens is 472 g/mol. The fourth-order valence-electron chi connectivity index (χ4n) is 2.51. The van der Waals surface area contributed by atoms with Crippen LogP contribution in [0.2, 0.25) is 0 Å². The predicted octanol–water partition coefficient (Wildman–Crippen LogP) is -0.0936. The lowest BCUT2D eigenvalue weighted by molar-refractivity contribution is -0.155. The summed E-state index contributed by atoms with van der Waals surface area (Å²) >= 11 is 0. The number of hydrogen-bond acceptors (Lipinski definition) is 13. The van der Waals surface area contributed by atoms with E-state index in [1.54, 1.807) is 0 Å². The van der Waals surface area contributed by atoms with E-state index in [0.29, 0.717) is 0 Å². The average Bonchev–Trinajstić information content (AvgIpc) is 2.86. The molecule has 2 atom stereocenters. The Morgan fingerprint density at radius 2 is 0.914 bits per heavy atom. The first kappa shape index (κ1) is 31.3. The Balaban J connectivity index is 4.37. The van der Waals surface area contributed by atoms with Crippen LogP contribution in [0.3, 0.4) is 0 Å². The minimum atomic E-state index is -1.26. The normalized spacial score (nSPS) is 11.8. The van der Waals surface area contributed by atoms with Crippen LogP contribution in [-0.4, -0.2) is 90.7 Å². The van der Waals surface area contributed by atoms with E-state index in [1.165, 1.54) is 0 Å². The Morgan fingerprint density at radius 3 is 1.20 bits per heavy atom. The first-order chi connectivity index (χ1) is 16.5. The Kier molecular flexibility index (Phi) is 15.0. The molecule has 0 aromatic rings. The van der Waals surface area contributed by atoms with Gasteiger partial charge in [0.1, 0.15) is 13.2 Å². The van der Waals surface area contributed by atoms with E-state index in [-0.39, 0.29) is 37.6 Å². The summed E-state index contributed by atoms with van der Waals surface area (Å²) in [5, 5.41) is 0. The van der Waals surface area contributed by atoms with Crippen LogP contribution in [0.1, 0.15) is 12.8 Å². The van der Waals surface area contributed by atoms with Gasteiger partial charge in [-0.25, -0.2) is 9.59 Å². The van der Waals surface area contributed by atoms with Crippen molar-refractivity contribution in [3.63, 3.8) is 0 Å². The molecule has 0 aromatic heterocycles. The van der Waals surface area contributed by atoms with Gasteiger partial charge in [0.25, 0.3) is 0 Å². The Hall–Kier alpha value is -3.74. The zero-order valence-electron chi connectivity index (χ0n) is 20.1. The molecule has 13 nitrogen and oxygen atoms in total. The minimum Gasteiger partial charge on any atom is -0.469 e. The first-order valence-electron chi connectivity index (χ1n) is 10.1. The molecule has 0 rings (SSSR count). The molecule has 2 unspecified atom stereocenters. The summed E-state index contributed by atoms with van der Waals surface area (Å²) in [4.78, 5) is 70.6. The highest BCUT2D eigenvalue weighted by Gasteiger charge is 2.31. The molecule has 0 spiro atoms. The van der Waals surface area contributed by atoms with Crippen molar-refractivity contribution >= 4 is 35.8 Å². The van der Waals surface area contributed by atoms with E-state index in [0.717, 1.165) is 28.4 Å². The van der Waals surface area contributed by atoms with Crippen molar-refractivity contribution in [2.75, 3.05) is 54.9 Å². The topological polar surface area (TPSA) is 167 Å². The van der Waals surface area contributed by atoms with Crippen molar-refractivity contribution in [3.8, 4) is 0 Å². The van der Waals surface area contributed by atoms with Gasteiger partial charge in [-0.2, -0.15) is 0 Å². The molecule has 0 radical (unpaired) electrons. The van der Waals surface area contributed by atoms with Gasteiger partial charge >= 0.3 is 35.8 Å². The highest BCUT2D eigenvalue weighted by Crippen LogP contribution is 2.19. The molecule has 0 bridgehead atoms. The highest BCUT2D eigenvalue weighted by atomic mass is 16.6. The number of esters is 6. The zero-order valence-corrected chi connectivity index (χ0v) is 20.1. The molecule has 0 aliphatic heterocycles. The van der Waals surface area contributed by atoms with Gasteiger partial charge in [-0.1, -0.05) is 13.2 Å². The maximum Gasteiger partial charge on any atom is 0.334 e. The van der Waals surface area contributed by atoms with Crippen molar-refractivity contribution in [1.82, 2.24) is 0 Å². The van der Waals surface area contributed by atoms with Crippen LogP contribution in [0, 0.1) is 11.8 Å². The lowest BCUT2D eigenvalue weighted by atomic mass is 9.97. The van der Waals surface area contributed by atoms with Crippen LogP contribution < -0.4 is 0 Å². The third-order valence-corrected chi connectivity index (χ3v) is 4.43. The third kappa shape index (κ3) is 11.3. The quantitative estimate of drug-likeness (QED) is 0.119. The van der Waals surface area contributed by atoms with Gasteiger partial charge in [-0.3, -0.25) is 19.2 Å². The fraction of sp³-hybridized carbons (Fsp3) is 0.545. The molecule has 196 valence electrons. The number of rotatable bonds is 16. The summed E-state index contributed by atoms with van der Waals surface area (Å²) < 4.78 is 33.1. The molecule has 0 fully saturated rings. The number of ether oxygens (including phenoxy) is 7. The fourth-order valence-corrected chi connectivity index (χ4v) is 2.51. The number of methoxy groups -OCH3 is 4. The average molecular weight is 502 g/mol. The SMILES string of the molecule is C=C(C(=O)OC)C(CC(=O)OCCOCCOC(=O)CC(C(=C)C(=O)OC)C(=O)OC)C(=O)OC. The standard InChI is InChI=1S/C22H30O13/c1-13(19(25)29-3)15(21(27)31-5)11-17(23)34-9-7-33-8-10-35-18(24)12-16(22(28)32-6)14(2)20(26)30-4/h15-16H,1-2,7-12H2,3-6H3. The maximum absolute atomic E-state index is 11.9. The molecule has 0 amide bonds. The van der Waals surface area contributed by atoms with Crippen molar-refractivity contribution in [2.24, 2.45) is 11.8 Å². The third-order valence-electron chi connectivity index (χ3n) is 4.43. The first-order valence-corrected chi connectivity index (χ1v) is 10.1. The van der Waals surface area contributed by atoms with Gasteiger partial charge in [-0.05, 0) is 0 Å². The second-order valence-corrected chi connectivity index (χ2v) is 6.65. The molecule has 0 aliphatic carbocycles. The molecule has 0 aromatic carbocycles. The van der Waals surface area contributed by atoms with Crippen LogP contribution in [0.15, 0.2) is 24.3 Å². The Bertz CT molecular complexity index is 748.